The van der Waals surface area contributed by atoms with Gasteiger partial charge in [0.1, 0.15) is 11.3 Å². The summed E-state index contributed by atoms with van der Waals surface area (Å²) < 4.78 is 5.30. The molecule has 1 N–H and O–H groups in total. The molecule has 22 heavy (non-hydrogen) atoms. The molecular formula is C18H13ClO3. The number of hydrogen-bond donors (Lipinski definition) is 1. The molecule has 0 spiro atoms. The summed E-state index contributed by atoms with van der Waals surface area (Å²) in [4.78, 5) is 12.3. The van der Waals surface area contributed by atoms with Crippen molar-refractivity contribution < 1.29 is 14.3 Å². The molecule has 110 valence electrons. The average Bonchev–Trinajstić information content (AvgIpc) is 2.89. The predicted octanol–water partition coefficient (Wildman–Crippen LogP) is 5.00. The lowest BCUT2D eigenvalue weighted by molar-refractivity contribution is 0.104. The van der Waals surface area contributed by atoms with Crippen molar-refractivity contribution in [3.63, 3.8) is 0 Å². The average molecular weight is 313 g/mol. The molecule has 1 aromatic heterocycles. The number of halogens is 1. The van der Waals surface area contributed by atoms with Gasteiger partial charge in [-0.15, -0.1) is 0 Å². The summed E-state index contributed by atoms with van der Waals surface area (Å²) in [6, 6.07) is 10.5. The molecule has 2 aromatic carbocycles. The van der Waals surface area contributed by atoms with Gasteiger partial charge in [-0.2, -0.15) is 0 Å². The van der Waals surface area contributed by atoms with E-state index in [4.69, 9.17) is 16.0 Å². The molecule has 0 unspecified atom stereocenters. The van der Waals surface area contributed by atoms with E-state index in [1.165, 1.54) is 6.08 Å². The van der Waals surface area contributed by atoms with Gasteiger partial charge < -0.3 is 9.52 Å². The van der Waals surface area contributed by atoms with Crippen molar-refractivity contribution >= 4 is 34.4 Å². The van der Waals surface area contributed by atoms with Crippen molar-refractivity contribution in [3.05, 3.63) is 70.5 Å². The number of fused-ring (bicyclic) bond motifs is 1. The van der Waals surface area contributed by atoms with Crippen LogP contribution in [0, 0.1) is 6.92 Å². The third-order valence-corrected chi connectivity index (χ3v) is 3.83. The first kappa shape index (κ1) is 14.4. The molecule has 0 bridgehead atoms. The molecule has 0 saturated carbocycles. The van der Waals surface area contributed by atoms with Crippen LogP contribution in [0.5, 0.6) is 5.75 Å². The van der Waals surface area contributed by atoms with Gasteiger partial charge in [-0.25, -0.2) is 0 Å². The Hall–Kier alpha value is -2.52. The first-order chi connectivity index (χ1) is 10.6. The summed E-state index contributed by atoms with van der Waals surface area (Å²) in [5.41, 5.74) is 2.33. The van der Waals surface area contributed by atoms with Crippen LogP contribution in [-0.2, 0) is 0 Å². The Morgan fingerprint density at radius 3 is 2.77 bits per heavy atom. The van der Waals surface area contributed by atoms with Gasteiger partial charge in [0, 0.05) is 5.02 Å². The van der Waals surface area contributed by atoms with E-state index in [9.17, 15) is 9.90 Å². The van der Waals surface area contributed by atoms with Gasteiger partial charge in [-0.1, -0.05) is 29.8 Å². The Balaban J connectivity index is 1.97. The fraction of sp³-hybridized carbons (Fsp3) is 0.0556. The SMILES string of the molecule is Cc1coc2ccc(C(=O)/C=C/c3ccccc3Cl)c(O)c12. The minimum absolute atomic E-state index is 0.0578. The molecule has 1 heterocycles. The Bertz CT molecular complexity index is 890. The Morgan fingerprint density at radius 1 is 1.23 bits per heavy atom. The molecular weight excluding hydrogens is 300 g/mol. The van der Waals surface area contributed by atoms with Crippen molar-refractivity contribution in [1.82, 2.24) is 0 Å². The topological polar surface area (TPSA) is 50.4 Å². The summed E-state index contributed by atoms with van der Waals surface area (Å²) in [7, 11) is 0. The Morgan fingerprint density at radius 2 is 2.00 bits per heavy atom. The van der Waals surface area contributed by atoms with E-state index in [0.717, 1.165) is 11.1 Å². The lowest BCUT2D eigenvalue weighted by Crippen LogP contribution is -1.95. The molecule has 3 nitrogen and oxygen atoms in total. The number of rotatable bonds is 3. The number of allylic oxidation sites excluding steroid dienone is 1. The highest BCUT2D eigenvalue weighted by Gasteiger charge is 2.15. The van der Waals surface area contributed by atoms with Gasteiger partial charge in [-0.05, 0) is 48.4 Å². The van der Waals surface area contributed by atoms with Gasteiger partial charge in [0.15, 0.2) is 5.78 Å². The number of aryl methyl sites for hydroxylation is 1. The van der Waals surface area contributed by atoms with Crippen molar-refractivity contribution in [3.8, 4) is 5.75 Å². The summed E-state index contributed by atoms with van der Waals surface area (Å²) in [6.07, 6.45) is 4.59. The second-order valence-electron chi connectivity index (χ2n) is 4.97. The fourth-order valence-electron chi connectivity index (χ4n) is 2.33. The smallest absolute Gasteiger partial charge is 0.189 e. The van der Waals surface area contributed by atoms with Gasteiger partial charge in [0.2, 0.25) is 0 Å². The maximum Gasteiger partial charge on any atom is 0.189 e. The number of phenolic OH excluding ortho intramolecular Hbond substituents is 1. The van der Waals surface area contributed by atoms with E-state index < -0.39 is 0 Å². The van der Waals surface area contributed by atoms with Crippen LogP contribution in [0.3, 0.4) is 0 Å². The highest BCUT2D eigenvalue weighted by atomic mass is 35.5. The molecule has 0 amide bonds. The van der Waals surface area contributed by atoms with E-state index in [0.29, 0.717) is 16.0 Å². The van der Waals surface area contributed by atoms with Crippen molar-refractivity contribution in [1.29, 1.82) is 0 Å². The van der Waals surface area contributed by atoms with E-state index >= 15 is 0 Å². The second-order valence-corrected chi connectivity index (χ2v) is 5.38. The monoisotopic (exact) mass is 312 g/mol. The Kier molecular flexibility index (Phi) is 3.73. The summed E-state index contributed by atoms with van der Waals surface area (Å²) in [5.74, 6) is -0.350. The molecule has 0 saturated heterocycles. The first-order valence-corrected chi connectivity index (χ1v) is 7.12. The largest absolute Gasteiger partial charge is 0.506 e. The number of benzene rings is 2. The van der Waals surface area contributed by atoms with Crippen LogP contribution in [0.25, 0.3) is 17.0 Å². The highest BCUT2D eigenvalue weighted by Crippen LogP contribution is 2.33. The zero-order chi connectivity index (χ0) is 15.7. The lowest BCUT2D eigenvalue weighted by Gasteiger charge is -2.02. The fourth-order valence-corrected chi connectivity index (χ4v) is 2.53. The number of ketones is 1. The third-order valence-electron chi connectivity index (χ3n) is 3.48. The van der Waals surface area contributed by atoms with Crippen LogP contribution in [0.15, 0.2) is 53.2 Å². The normalized spacial score (nSPS) is 11.4. The molecule has 3 aromatic rings. The lowest BCUT2D eigenvalue weighted by atomic mass is 10.0. The van der Waals surface area contributed by atoms with Crippen molar-refractivity contribution in [2.24, 2.45) is 0 Å². The zero-order valence-electron chi connectivity index (χ0n) is 11.8. The van der Waals surface area contributed by atoms with Crippen LogP contribution < -0.4 is 0 Å². The van der Waals surface area contributed by atoms with Crippen molar-refractivity contribution in [2.45, 2.75) is 6.92 Å². The number of carbonyl (C=O) groups is 1. The molecule has 0 aliphatic carbocycles. The molecule has 0 radical (unpaired) electrons. The standard InChI is InChI=1S/C18H13ClO3/c1-11-10-22-16-9-7-13(18(21)17(11)16)15(20)8-6-12-4-2-3-5-14(12)19/h2-10,21H,1H3/b8-6+. The summed E-state index contributed by atoms with van der Waals surface area (Å²) >= 11 is 6.04. The quantitative estimate of drug-likeness (QED) is 0.547. The van der Waals surface area contributed by atoms with Gasteiger partial charge in [-0.3, -0.25) is 4.79 Å². The van der Waals surface area contributed by atoms with Crippen LogP contribution in [0.1, 0.15) is 21.5 Å². The van der Waals surface area contributed by atoms with E-state index in [-0.39, 0.29) is 17.1 Å². The molecule has 0 fully saturated rings. The zero-order valence-corrected chi connectivity index (χ0v) is 12.6. The molecule has 0 aliphatic rings. The molecule has 4 heteroatoms. The summed E-state index contributed by atoms with van der Waals surface area (Å²) in [5, 5.41) is 11.4. The van der Waals surface area contributed by atoms with Crippen molar-refractivity contribution in [2.75, 3.05) is 0 Å². The number of aromatic hydroxyl groups is 1. The highest BCUT2D eigenvalue weighted by molar-refractivity contribution is 6.32. The van der Waals surface area contributed by atoms with Crippen LogP contribution in [0.2, 0.25) is 5.02 Å². The van der Waals surface area contributed by atoms with E-state index in [1.807, 2.05) is 25.1 Å². The Labute approximate surface area is 132 Å². The number of phenols is 1. The van der Waals surface area contributed by atoms with Crippen LogP contribution >= 0.6 is 11.6 Å². The first-order valence-electron chi connectivity index (χ1n) is 6.74. The van der Waals surface area contributed by atoms with Gasteiger partial charge >= 0.3 is 0 Å². The minimum atomic E-state index is -0.292. The summed E-state index contributed by atoms with van der Waals surface area (Å²) in [6.45, 7) is 1.82. The predicted molar refractivity (Wildman–Crippen MR) is 87.4 cm³/mol. The molecule has 0 aliphatic heterocycles. The van der Waals surface area contributed by atoms with E-state index in [2.05, 4.69) is 0 Å². The van der Waals surface area contributed by atoms with Gasteiger partial charge in [0.05, 0.1) is 17.2 Å². The number of furan rings is 1. The van der Waals surface area contributed by atoms with Crippen LogP contribution in [-0.4, -0.2) is 10.9 Å². The maximum atomic E-state index is 12.3. The molecule has 3 rings (SSSR count). The minimum Gasteiger partial charge on any atom is -0.506 e. The maximum absolute atomic E-state index is 12.3. The number of hydrogen-bond acceptors (Lipinski definition) is 3. The second kappa shape index (κ2) is 5.70. The van der Waals surface area contributed by atoms with E-state index in [1.54, 1.807) is 30.5 Å². The number of carbonyl (C=O) groups excluding carboxylic acids is 1. The third kappa shape index (κ3) is 2.51. The van der Waals surface area contributed by atoms with Gasteiger partial charge in [0.25, 0.3) is 0 Å². The molecule has 0 atom stereocenters. The van der Waals surface area contributed by atoms with Crippen LogP contribution in [0.4, 0.5) is 0 Å².